The summed E-state index contributed by atoms with van der Waals surface area (Å²) in [6, 6.07) is 5.46. The number of nitrogens with zero attached hydrogens (tertiary/aromatic N) is 1. The van der Waals surface area contributed by atoms with Crippen LogP contribution in [-0.2, 0) is 9.59 Å². The Kier molecular flexibility index (Phi) is 5.67. The van der Waals surface area contributed by atoms with Crippen molar-refractivity contribution in [3.63, 3.8) is 0 Å². The summed E-state index contributed by atoms with van der Waals surface area (Å²) in [4.78, 5) is 35.3. The molecule has 0 fully saturated rings. The maximum atomic E-state index is 12.0. The zero-order chi connectivity index (χ0) is 17.5. The van der Waals surface area contributed by atoms with E-state index >= 15 is 0 Å². The molecule has 0 bridgehead atoms. The molecule has 3 amide bonds. The predicted molar refractivity (Wildman–Crippen MR) is 88.5 cm³/mol. The molecular formula is C16H19N5O3. The van der Waals surface area contributed by atoms with E-state index in [-0.39, 0.29) is 24.9 Å². The lowest BCUT2D eigenvalue weighted by Crippen LogP contribution is -2.40. The molecule has 2 rings (SSSR count). The predicted octanol–water partition coefficient (Wildman–Crippen LogP) is 0.511. The third-order valence-corrected chi connectivity index (χ3v) is 3.12. The number of aromatic nitrogens is 2. The standard InChI is InChI=1S/C16H19N5O3/c1-10-3-11(2)5-12(4-10)16(24)18-8-14(22)17-9-15(23)21-13-6-19-20-7-13/h3-7H,8-9H2,1-2H3,(H,17,22)(H,18,24)(H,19,20)(H,21,23). The van der Waals surface area contributed by atoms with Crippen LogP contribution in [0.1, 0.15) is 21.5 Å². The van der Waals surface area contributed by atoms with Crippen LogP contribution in [0.5, 0.6) is 0 Å². The number of H-pyrrole nitrogens is 1. The van der Waals surface area contributed by atoms with Crippen LogP contribution in [0.3, 0.4) is 0 Å². The molecule has 0 aliphatic rings. The fraction of sp³-hybridized carbons (Fsp3) is 0.250. The van der Waals surface area contributed by atoms with Crippen LogP contribution in [0.25, 0.3) is 0 Å². The van der Waals surface area contributed by atoms with Gasteiger partial charge in [-0.15, -0.1) is 0 Å². The van der Waals surface area contributed by atoms with Crippen LogP contribution in [0.15, 0.2) is 30.6 Å². The molecule has 1 heterocycles. The maximum absolute atomic E-state index is 12.0. The number of amides is 3. The van der Waals surface area contributed by atoms with Crippen LogP contribution in [0, 0.1) is 13.8 Å². The van der Waals surface area contributed by atoms with Gasteiger partial charge in [-0.3, -0.25) is 19.5 Å². The fourth-order valence-corrected chi connectivity index (χ4v) is 2.13. The van der Waals surface area contributed by atoms with E-state index < -0.39 is 5.91 Å². The molecule has 0 saturated heterocycles. The number of aryl methyl sites for hydroxylation is 2. The van der Waals surface area contributed by atoms with Crippen LogP contribution < -0.4 is 16.0 Å². The van der Waals surface area contributed by atoms with Crippen molar-refractivity contribution in [2.75, 3.05) is 18.4 Å². The zero-order valence-electron chi connectivity index (χ0n) is 13.5. The van der Waals surface area contributed by atoms with Gasteiger partial charge in [-0.05, 0) is 26.0 Å². The number of rotatable bonds is 6. The summed E-state index contributed by atoms with van der Waals surface area (Å²) in [5.74, 6) is -1.17. The molecule has 8 nitrogen and oxygen atoms in total. The number of hydrogen-bond donors (Lipinski definition) is 4. The van der Waals surface area contributed by atoms with Crippen molar-refractivity contribution >= 4 is 23.4 Å². The lowest BCUT2D eigenvalue weighted by molar-refractivity contribution is -0.123. The second kappa shape index (κ2) is 7.91. The monoisotopic (exact) mass is 329 g/mol. The Labute approximate surface area is 139 Å². The molecule has 0 unspecified atom stereocenters. The quantitative estimate of drug-likeness (QED) is 0.618. The average Bonchev–Trinajstić information content (AvgIpc) is 3.02. The third kappa shape index (κ3) is 5.24. The summed E-state index contributed by atoms with van der Waals surface area (Å²) in [5.41, 5.74) is 2.96. The topological polar surface area (TPSA) is 116 Å². The summed E-state index contributed by atoms with van der Waals surface area (Å²) in [7, 11) is 0. The first kappa shape index (κ1) is 17.2. The Morgan fingerprint density at radius 1 is 1.00 bits per heavy atom. The molecule has 0 radical (unpaired) electrons. The minimum atomic E-state index is -0.449. The van der Waals surface area contributed by atoms with E-state index in [1.165, 1.54) is 12.4 Å². The molecule has 1 aromatic heterocycles. The van der Waals surface area contributed by atoms with E-state index in [9.17, 15) is 14.4 Å². The van der Waals surface area contributed by atoms with Gasteiger partial charge in [-0.2, -0.15) is 5.10 Å². The Morgan fingerprint density at radius 3 is 2.29 bits per heavy atom. The van der Waals surface area contributed by atoms with Crippen LogP contribution in [0.2, 0.25) is 0 Å². The molecule has 24 heavy (non-hydrogen) atoms. The number of hydrogen-bond acceptors (Lipinski definition) is 4. The van der Waals surface area contributed by atoms with Gasteiger partial charge in [-0.1, -0.05) is 17.2 Å². The van der Waals surface area contributed by atoms with Gasteiger partial charge in [0.1, 0.15) is 0 Å². The first-order valence-corrected chi connectivity index (χ1v) is 7.36. The lowest BCUT2D eigenvalue weighted by Gasteiger charge is -2.08. The molecule has 1 aromatic carbocycles. The molecule has 0 saturated carbocycles. The number of carbonyl (C=O) groups excluding carboxylic acids is 3. The number of carbonyl (C=O) groups is 3. The first-order valence-electron chi connectivity index (χ1n) is 7.36. The van der Waals surface area contributed by atoms with Gasteiger partial charge in [0.15, 0.2) is 0 Å². The highest BCUT2D eigenvalue weighted by Crippen LogP contribution is 2.08. The SMILES string of the molecule is Cc1cc(C)cc(C(=O)NCC(=O)NCC(=O)Nc2cn[nH]c2)c1. The van der Waals surface area contributed by atoms with Gasteiger partial charge in [0.25, 0.3) is 5.91 Å². The fourth-order valence-electron chi connectivity index (χ4n) is 2.13. The van der Waals surface area contributed by atoms with E-state index in [0.29, 0.717) is 11.3 Å². The van der Waals surface area contributed by atoms with Crippen molar-refractivity contribution in [1.29, 1.82) is 0 Å². The molecular weight excluding hydrogens is 310 g/mol. The minimum Gasteiger partial charge on any atom is -0.345 e. The summed E-state index contributed by atoms with van der Waals surface area (Å²) >= 11 is 0. The van der Waals surface area contributed by atoms with Crippen molar-refractivity contribution in [2.24, 2.45) is 0 Å². The van der Waals surface area contributed by atoms with E-state index in [2.05, 4.69) is 26.1 Å². The van der Waals surface area contributed by atoms with Crippen molar-refractivity contribution in [1.82, 2.24) is 20.8 Å². The number of nitrogens with one attached hydrogen (secondary N) is 4. The van der Waals surface area contributed by atoms with Gasteiger partial charge in [0.2, 0.25) is 11.8 Å². The van der Waals surface area contributed by atoms with E-state index in [1.807, 2.05) is 19.9 Å². The zero-order valence-corrected chi connectivity index (χ0v) is 13.5. The van der Waals surface area contributed by atoms with Gasteiger partial charge in [0, 0.05) is 11.8 Å². The molecule has 0 atom stereocenters. The first-order chi connectivity index (χ1) is 11.4. The number of anilines is 1. The number of aromatic amines is 1. The van der Waals surface area contributed by atoms with Gasteiger partial charge in [0.05, 0.1) is 25.0 Å². The second-order valence-electron chi connectivity index (χ2n) is 5.37. The minimum absolute atomic E-state index is 0.191. The lowest BCUT2D eigenvalue weighted by atomic mass is 10.1. The highest BCUT2D eigenvalue weighted by molar-refractivity contribution is 5.98. The van der Waals surface area contributed by atoms with Crippen molar-refractivity contribution < 1.29 is 14.4 Å². The largest absolute Gasteiger partial charge is 0.345 e. The molecule has 126 valence electrons. The number of benzene rings is 1. The molecule has 0 aliphatic carbocycles. The van der Waals surface area contributed by atoms with E-state index in [0.717, 1.165) is 11.1 Å². The Hall–Kier alpha value is -3.16. The normalized spacial score (nSPS) is 10.1. The molecule has 8 heteroatoms. The van der Waals surface area contributed by atoms with Crippen molar-refractivity contribution in [2.45, 2.75) is 13.8 Å². The van der Waals surface area contributed by atoms with Gasteiger partial charge < -0.3 is 16.0 Å². The second-order valence-corrected chi connectivity index (χ2v) is 5.37. The van der Waals surface area contributed by atoms with E-state index in [4.69, 9.17) is 0 Å². The summed E-state index contributed by atoms with van der Waals surface area (Å²) in [6.07, 6.45) is 2.97. The highest BCUT2D eigenvalue weighted by Gasteiger charge is 2.10. The molecule has 4 N–H and O–H groups in total. The maximum Gasteiger partial charge on any atom is 0.251 e. The molecule has 2 aromatic rings. The average molecular weight is 329 g/mol. The Balaban J connectivity index is 1.74. The highest BCUT2D eigenvalue weighted by atomic mass is 16.2. The summed E-state index contributed by atoms with van der Waals surface area (Å²) in [5, 5.41) is 13.7. The van der Waals surface area contributed by atoms with Gasteiger partial charge in [-0.25, -0.2) is 0 Å². The summed E-state index contributed by atoms with van der Waals surface area (Å²) < 4.78 is 0. The van der Waals surface area contributed by atoms with Crippen molar-refractivity contribution in [3.05, 3.63) is 47.3 Å². The summed E-state index contributed by atoms with van der Waals surface area (Å²) in [6.45, 7) is 3.40. The third-order valence-electron chi connectivity index (χ3n) is 3.12. The van der Waals surface area contributed by atoms with Crippen LogP contribution in [-0.4, -0.2) is 41.0 Å². The van der Waals surface area contributed by atoms with Crippen molar-refractivity contribution in [3.8, 4) is 0 Å². The van der Waals surface area contributed by atoms with E-state index in [1.54, 1.807) is 12.1 Å². The Morgan fingerprint density at radius 2 is 1.67 bits per heavy atom. The van der Waals surface area contributed by atoms with Crippen LogP contribution >= 0.6 is 0 Å². The Bertz CT molecular complexity index is 720. The smallest absolute Gasteiger partial charge is 0.251 e. The molecule has 0 spiro atoms. The molecule has 0 aliphatic heterocycles. The van der Waals surface area contributed by atoms with Gasteiger partial charge >= 0.3 is 0 Å². The van der Waals surface area contributed by atoms with Crippen LogP contribution in [0.4, 0.5) is 5.69 Å².